The summed E-state index contributed by atoms with van der Waals surface area (Å²) in [5.41, 5.74) is 0.930. The van der Waals surface area contributed by atoms with Crippen LogP contribution in [0, 0.1) is 18.7 Å². The van der Waals surface area contributed by atoms with Crippen LogP contribution < -0.4 is 5.32 Å². The summed E-state index contributed by atoms with van der Waals surface area (Å²) in [6, 6.07) is 3.60. The van der Waals surface area contributed by atoms with E-state index in [2.05, 4.69) is 5.32 Å². The largest absolute Gasteiger partial charge is 0.481 e. The van der Waals surface area contributed by atoms with Crippen LogP contribution in [0.5, 0.6) is 0 Å². The fourth-order valence-corrected chi connectivity index (χ4v) is 2.56. The van der Waals surface area contributed by atoms with Crippen LogP contribution in [0.4, 0.5) is 4.39 Å². The molecule has 0 bridgehead atoms. The molecule has 2 N–H and O–H groups in total. The van der Waals surface area contributed by atoms with Crippen molar-refractivity contribution < 1.29 is 19.1 Å². The second-order valence-electron chi connectivity index (χ2n) is 4.91. The zero-order valence-electron chi connectivity index (χ0n) is 10.6. The highest BCUT2D eigenvalue weighted by Gasteiger charge is 2.34. The van der Waals surface area contributed by atoms with Gasteiger partial charge in [0.15, 0.2) is 0 Å². The van der Waals surface area contributed by atoms with E-state index in [4.69, 9.17) is 5.11 Å². The average Bonchev–Trinajstić information content (AvgIpc) is 2.76. The molecule has 2 atom stereocenters. The number of rotatable bonds is 3. The summed E-state index contributed by atoms with van der Waals surface area (Å²) in [6.07, 6.45) is 2.05. The van der Waals surface area contributed by atoms with E-state index >= 15 is 0 Å². The van der Waals surface area contributed by atoms with E-state index in [1.807, 2.05) is 0 Å². The van der Waals surface area contributed by atoms with Crippen molar-refractivity contribution in [3.63, 3.8) is 0 Å². The van der Waals surface area contributed by atoms with Crippen molar-refractivity contribution in [1.82, 2.24) is 5.32 Å². The topological polar surface area (TPSA) is 66.4 Å². The maximum absolute atomic E-state index is 13.0. The quantitative estimate of drug-likeness (QED) is 0.879. The third-order valence-corrected chi connectivity index (χ3v) is 3.58. The Labute approximate surface area is 110 Å². The Kier molecular flexibility index (Phi) is 3.83. The van der Waals surface area contributed by atoms with Crippen LogP contribution in [-0.4, -0.2) is 23.0 Å². The number of aliphatic carboxylic acids is 1. The summed E-state index contributed by atoms with van der Waals surface area (Å²) in [7, 11) is 0. The van der Waals surface area contributed by atoms with Crippen molar-refractivity contribution in [2.75, 3.05) is 0 Å². The van der Waals surface area contributed by atoms with Gasteiger partial charge in [0.1, 0.15) is 5.82 Å². The number of nitrogens with one attached hydrogen (secondary N) is 1. The Morgan fingerprint density at radius 1 is 1.37 bits per heavy atom. The van der Waals surface area contributed by atoms with Crippen LogP contribution in [0.25, 0.3) is 0 Å². The zero-order valence-corrected chi connectivity index (χ0v) is 10.6. The van der Waals surface area contributed by atoms with E-state index in [1.165, 1.54) is 18.2 Å². The monoisotopic (exact) mass is 265 g/mol. The fraction of sp³-hybridized carbons (Fsp3) is 0.429. The Bertz CT molecular complexity index is 515. The van der Waals surface area contributed by atoms with Crippen LogP contribution in [0.15, 0.2) is 18.2 Å². The number of carboxylic acids is 1. The second-order valence-corrected chi connectivity index (χ2v) is 4.91. The van der Waals surface area contributed by atoms with Crippen molar-refractivity contribution in [2.45, 2.75) is 32.2 Å². The number of benzene rings is 1. The van der Waals surface area contributed by atoms with Gasteiger partial charge in [-0.25, -0.2) is 4.39 Å². The van der Waals surface area contributed by atoms with Crippen molar-refractivity contribution in [1.29, 1.82) is 0 Å². The first-order valence-corrected chi connectivity index (χ1v) is 6.29. The van der Waals surface area contributed by atoms with Crippen molar-refractivity contribution in [3.8, 4) is 0 Å². The molecule has 1 aromatic rings. The molecule has 5 heteroatoms. The Morgan fingerprint density at radius 3 is 2.74 bits per heavy atom. The third kappa shape index (κ3) is 2.92. The van der Waals surface area contributed by atoms with Crippen molar-refractivity contribution in [3.05, 3.63) is 35.1 Å². The van der Waals surface area contributed by atoms with Crippen LogP contribution in [-0.2, 0) is 4.79 Å². The minimum absolute atomic E-state index is 0.337. The smallest absolute Gasteiger partial charge is 0.308 e. The summed E-state index contributed by atoms with van der Waals surface area (Å²) in [4.78, 5) is 23.1. The predicted molar refractivity (Wildman–Crippen MR) is 67.4 cm³/mol. The van der Waals surface area contributed by atoms with E-state index in [0.29, 0.717) is 24.0 Å². The molecule has 0 saturated heterocycles. The summed E-state index contributed by atoms with van der Waals surface area (Å²) in [5, 5.41) is 11.8. The van der Waals surface area contributed by atoms with Crippen molar-refractivity contribution >= 4 is 11.9 Å². The minimum Gasteiger partial charge on any atom is -0.481 e. The second kappa shape index (κ2) is 5.38. The van der Waals surface area contributed by atoms with Gasteiger partial charge in [0.2, 0.25) is 0 Å². The standard InChI is InChI=1S/C14H16FNO3/c1-8-7-9(15)5-6-10(8)13(17)16-12-4-2-3-11(12)14(18)19/h5-7,11-12H,2-4H2,1H3,(H,16,17)(H,18,19)/t11-,12+/m0/s1. The highest BCUT2D eigenvalue weighted by molar-refractivity contribution is 5.96. The fourth-order valence-electron chi connectivity index (χ4n) is 2.56. The summed E-state index contributed by atoms with van der Waals surface area (Å²) < 4.78 is 13.0. The molecule has 0 aromatic heterocycles. The Hall–Kier alpha value is -1.91. The normalized spacial score (nSPS) is 22.2. The lowest BCUT2D eigenvalue weighted by molar-refractivity contribution is -0.142. The lowest BCUT2D eigenvalue weighted by Gasteiger charge is -2.18. The molecule has 0 radical (unpaired) electrons. The first kappa shape index (κ1) is 13.5. The maximum Gasteiger partial charge on any atom is 0.308 e. The number of aryl methyl sites for hydroxylation is 1. The molecule has 1 saturated carbocycles. The maximum atomic E-state index is 13.0. The highest BCUT2D eigenvalue weighted by atomic mass is 19.1. The van der Waals surface area contributed by atoms with Gasteiger partial charge in [-0.2, -0.15) is 0 Å². The van der Waals surface area contributed by atoms with Crippen LogP contribution >= 0.6 is 0 Å². The molecule has 1 aromatic carbocycles. The number of carboxylic acid groups (broad SMARTS) is 1. The molecule has 102 valence electrons. The summed E-state index contributed by atoms with van der Waals surface area (Å²) in [5.74, 6) is -2.13. The molecule has 19 heavy (non-hydrogen) atoms. The molecule has 0 aliphatic heterocycles. The molecule has 0 spiro atoms. The van der Waals surface area contributed by atoms with E-state index in [-0.39, 0.29) is 11.9 Å². The van der Waals surface area contributed by atoms with Gasteiger partial charge in [-0.3, -0.25) is 9.59 Å². The first-order valence-electron chi connectivity index (χ1n) is 6.29. The molecular weight excluding hydrogens is 249 g/mol. The lowest BCUT2D eigenvalue weighted by Crippen LogP contribution is -2.40. The lowest BCUT2D eigenvalue weighted by atomic mass is 10.0. The minimum atomic E-state index is -0.876. The van der Waals surface area contributed by atoms with Crippen LogP contribution in [0.3, 0.4) is 0 Å². The average molecular weight is 265 g/mol. The highest BCUT2D eigenvalue weighted by Crippen LogP contribution is 2.26. The van der Waals surface area contributed by atoms with Gasteiger partial charge in [0.05, 0.1) is 5.92 Å². The molecule has 1 fully saturated rings. The van der Waals surface area contributed by atoms with E-state index in [1.54, 1.807) is 6.92 Å². The van der Waals surface area contributed by atoms with E-state index < -0.39 is 17.7 Å². The van der Waals surface area contributed by atoms with Gasteiger partial charge in [0.25, 0.3) is 5.91 Å². The van der Waals surface area contributed by atoms with Crippen LogP contribution in [0.1, 0.15) is 35.2 Å². The summed E-state index contributed by atoms with van der Waals surface area (Å²) >= 11 is 0. The van der Waals surface area contributed by atoms with Crippen LogP contribution in [0.2, 0.25) is 0 Å². The SMILES string of the molecule is Cc1cc(F)ccc1C(=O)N[C@@H]1CCC[C@@H]1C(=O)O. The van der Waals surface area contributed by atoms with Gasteiger partial charge in [0, 0.05) is 11.6 Å². The molecule has 4 nitrogen and oxygen atoms in total. The third-order valence-electron chi connectivity index (χ3n) is 3.58. The molecule has 0 heterocycles. The number of hydrogen-bond acceptors (Lipinski definition) is 2. The number of halogens is 1. The zero-order chi connectivity index (χ0) is 14.0. The molecule has 1 aliphatic carbocycles. The predicted octanol–water partition coefficient (Wildman–Crippen LogP) is 2.12. The first-order chi connectivity index (χ1) is 8.99. The van der Waals surface area contributed by atoms with Gasteiger partial charge < -0.3 is 10.4 Å². The molecule has 2 rings (SSSR count). The number of carbonyl (C=O) groups excluding carboxylic acids is 1. The van der Waals surface area contributed by atoms with Gasteiger partial charge in [-0.05, 0) is 43.5 Å². The Morgan fingerprint density at radius 2 is 2.11 bits per heavy atom. The van der Waals surface area contributed by atoms with Gasteiger partial charge in [-0.1, -0.05) is 6.42 Å². The molecule has 1 aliphatic rings. The number of hydrogen-bond donors (Lipinski definition) is 2. The van der Waals surface area contributed by atoms with Gasteiger partial charge in [-0.15, -0.1) is 0 Å². The number of carbonyl (C=O) groups is 2. The van der Waals surface area contributed by atoms with Gasteiger partial charge >= 0.3 is 5.97 Å². The summed E-state index contributed by atoms with van der Waals surface area (Å²) in [6.45, 7) is 1.65. The number of amides is 1. The van der Waals surface area contributed by atoms with E-state index in [9.17, 15) is 14.0 Å². The van der Waals surface area contributed by atoms with Crippen molar-refractivity contribution in [2.24, 2.45) is 5.92 Å². The van der Waals surface area contributed by atoms with E-state index in [0.717, 1.165) is 6.42 Å². The molecule has 1 amide bonds. The molecular formula is C14H16FNO3. The molecule has 0 unspecified atom stereocenters. The Balaban J connectivity index is 2.10.